The van der Waals surface area contributed by atoms with Crippen LogP contribution in [0.3, 0.4) is 0 Å². The molecule has 33 heteroatoms. The van der Waals surface area contributed by atoms with Crippen molar-refractivity contribution >= 4 is 59.7 Å². The predicted molar refractivity (Wildman–Crippen MR) is 539 cm³/mol. The fraction of sp³-hybridized carbons (Fsp3) is 0.330. The number of nitrogens with two attached hydrogens (primary N) is 1. The highest BCUT2D eigenvalue weighted by Crippen LogP contribution is 2.53. The number of esters is 10. The lowest BCUT2D eigenvalue weighted by molar-refractivity contribution is 0.0591. The molecule has 33 nitrogen and oxygen atoms in total. The van der Waals surface area contributed by atoms with Crippen molar-refractivity contribution in [2.24, 2.45) is 5.73 Å². The van der Waals surface area contributed by atoms with Crippen molar-refractivity contribution in [2.75, 3.05) is 77.6 Å². The lowest BCUT2D eigenvalue weighted by Gasteiger charge is -2.33. The summed E-state index contributed by atoms with van der Waals surface area (Å²) >= 11 is 0. The second kappa shape index (κ2) is 46.9. The number of nitrogens with zero attached hydrogens (tertiary/aromatic N) is 9. The SMILES string of the molecule is CCCC1(C#N)c2ccc(C(=O)OC)cc2CCc2cc(C(=O)OC)ccc21.CCCC1(c2nn[nH]n2)c2ccc(C(=O)OC)cc2CCc2cc(C(=O)OC)ccc21.CCCC1(c2nnc(C)o2)c2ccc(C(=O)OC)cc2CCc2cc(C(=O)OC)ccc21.COC(=O)c1ccc2c(c1)CCc1cc(C(=O)OC)ccc1C2(CCN)c1nnc(C)o1.COC(=O)c1ccc2c(c1)CCc1cc(C(=O)OC)ccc1C2C#N. The number of carbonyl (C=O) groups is 10. The summed E-state index contributed by atoms with van der Waals surface area (Å²) in [5, 5.41) is 52.3. The largest absolute Gasteiger partial charge is 0.465 e. The molecule has 3 N–H and O–H groups in total. The van der Waals surface area contributed by atoms with Gasteiger partial charge in [0.05, 0.1) is 156 Å². The maximum absolute atomic E-state index is 12.2. The lowest BCUT2D eigenvalue weighted by Crippen LogP contribution is -2.34. The summed E-state index contributed by atoms with van der Waals surface area (Å²) < 4.78 is 60.8. The van der Waals surface area contributed by atoms with Gasteiger partial charge in [-0.15, -0.1) is 30.6 Å². The Morgan fingerprint density at radius 1 is 0.318 bits per heavy atom. The van der Waals surface area contributed by atoms with E-state index in [9.17, 15) is 58.5 Å². The van der Waals surface area contributed by atoms with Crippen LogP contribution in [-0.4, -0.2) is 178 Å². The molecule has 3 heterocycles. The van der Waals surface area contributed by atoms with Crippen LogP contribution in [0.5, 0.6) is 0 Å². The molecule has 10 aromatic carbocycles. The molecule has 5 aliphatic carbocycles. The highest BCUT2D eigenvalue weighted by Gasteiger charge is 2.50. The maximum atomic E-state index is 12.2. The molecule has 0 atom stereocenters. The van der Waals surface area contributed by atoms with E-state index < -0.39 is 63.4 Å². The van der Waals surface area contributed by atoms with Crippen molar-refractivity contribution in [3.05, 3.63) is 378 Å². The van der Waals surface area contributed by atoms with Crippen molar-refractivity contribution in [3.63, 3.8) is 0 Å². The van der Waals surface area contributed by atoms with Gasteiger partial charge in [0, 0.05) is 13.8 Å². The smallest absolute Gasteiger partial charge is 0.337 e. The summed E-state index contributed by atoms with van der Waals surface area (Å²) in [5.74, 6) is -1.89. The minimum atomic E-state index is -0.820. The van der Waals surface area contributed by atoms with E-state index in [1.54, 1.807) is 86.6 Å². The van der Waals surface area contributed by atoms with Crippen molar-refractivity contribution < 1.29 is 104 Å². The van der Waals surface area contributed by atoms with Gasteiger partial charge in [-0.3, -0.25) is 0 Å². The number of fused-ring (bicyclic) bond motifs is 10. The molecule has 148 heavy (non-hydrogen) atoms. The molecule has 0 aliphatic heterocycles. The van der Waals surface area contributed by atoms with Gasteiger partial charge in [0.2, 0.25) is 23.6 Å². The van der Waals surface area contributed by atoms with Gasteiger partial charge < -0.3 is 61.9 Å². The van der Waals surface area contributed by atoms with Gasteiger partial charge in [0.15, 0.2) is 5.82 Å². The summed E-state index contributed by atoms with van der Waals surface area (Å²) in [6, 6.07) is 59.9. The van der Waals surface area contributed by atoms with Gasteiger partial charge in [0.1, 0.15) is 10.8 Å². The Labute approximate surface area is 855 Å². The number of benzene rings is 10. The maximum Gasteiger partial charge on any atom is 0.337 e. The molecule has 0 saturated heterocycles. The number of nitrogens with one attached hydrogen (secondary N) is 1. The Kier molecular flexibility index (Phi) is 33.9. The summed E-state index contributed by atoms with van der Waals surface area (Å²) in [6.07, 6.45) is 11.9. The number of methoxy groups -OCH3 is 10. The van der Waals surface area contributed by atoms with Crippen LogP contribution >= 0.6 is 0 Å². The van der Waals surface area contributed by atoms with E-state index in [4.69, 9.17) is 61.9 Å². The van der Waals surface area contributed by atoms with Crippen LogP contribution < -0.4 is 5.73 Å². The second-order valence-electron chi connectivity index (χ2n) is 36.3. The summed E-state index contributed by atoms with van der Waals surface area (Å²) in [6.45, 7) is 10.1. The first-order valence-corrected chi connectivity index (χ1v) is 48.5. The second-order valence-corrected chi connectivity index (χ2v) is 36.3. The van der Waals surface area contributed by atoms with E-state index >= 15 is 0 Å². The molecule has 0 radical (unpaired) electrons. The minimum Gasteiger partial charge on any atom is -0.465 e. The fourth-order valence-electron chi connectivity index (χ4n) is 21.5. The van der Waals surface area contributed by atoms with Crippen molar-refractivity contribution in [1.82, 2.24) is 41.0 Å². The van der Waals surface area contributed by atoms with Gasteiger partial charge in [-0.25, -0.2) is 47.9 Å². The topological polar surface area (TPSA) is 469 Å². The zero-order valence-corrected chi connectivity index (χ0v) is 85.2. The van der Waals surface area contributed by atoms with Gasteiger partial charge in [-0.2, -0.15) is 15.7 Å². The summed E-state index contributed by atoms with van der Waals surface area (Å²) in [7, 11) is 13.6. The van der Waals surface area contributed by atoms with E-state index in [0.29, 0.717) is 169 Å². The highest BCUT2D eigenvalue weighted by molar-refractivity contribution is 5.96. The van der Waals surface area contributed by atoms with Crippen molar-refractivity contribution in [3.8, 4) is 12.1 Å². The van der Waals surface area contributed by atoms with Gasteiger partial charge in [-0.1, -0.05) is 106 Å². The van der Waals surface area contributed by atoms with Crippen LogP contribution in [0.2, 0.25) is 0 Å². The van der Waals surface area contributed by atoms with Crippen LogP contribution in [0.25, 0.3) is 0 Å². The van der Waals surface area contributed by atoms with Crippen molar-refractivity contribution in [2.45, 2.75) is 171 Å². The first kappa shape index (κ1) is 107. The summed E-state index contributed by atoms with van der Waals surface area (Å²) in [4.78, 5) is 121. The number of tetrazole rings is 1. The molecule has 0 saturated carbocycles. The molecule has 0 unspecified atom stereocenters. The molecule has 13 aromatic rings. The lowest BCUT2D eigenvalue weighted by atomic mass is 9.68. The average molecular weight is 2000 g/mol. The Morgan fingerprint density at radius 2 is 0.547 bits per heavy atom. The predicted octanol–water partition coefficient (Wildman–Crippen LogP) is 16.9. The monoisotopic (exact) mass is 2000 g/mol. The quantitative estimate of drug-likeness (QED) is 0.0498. The molecule has 0 fully saturated rings. The molecule has 762 valence electrons. The van der Waals surface area contributed by atoms with Crippen LogP contribution in [-0.2, 0) is 133 Å². The number of nitriles is 2. The highest BCUT2D eigenvalue weighted by atomic mass is 16.6. The van der Waals surface area contributed by atoms with Gasteiger partial charge >= 0.3 is 59.7 Å². The molecule has 3 aromatic heterocycles. The number of carbonyl (C=O) groups excluding carboxylic acids is 10. The third kappa shape index (κ3) is 21.0. The van der Waals surface area contributed by atoms with E-state index in [-0.39, 0.29) is 23.9 Å². The van der Waals surface area contributed by atoms with E-state index in [2.05, 4.69) is 73.9 Å². The number of hydrogen-bond acceptors (Lipinski definition) is 32. The van der Waals surface area contributed by atoms with Crippen LogP contribution in [0, 0.1) is 36.5 Å². The zero-order valence-electron chi connectivity index (χ0n) is 85.2. The number of ether oxygens (including phenoxy) is 10. The van der Waals surface area contributed by atoms with Crippen LogP contribution in [0.4, 0.5) is 0 Å². The number of hydrogen-bond donors (Lipinski definition) is 2. The first-order chi connectivity index (χ1) is 71.5. The standard InChI is InChI=1S/C25H26N2O5.C24H25N3O5.C23H24N4O4.C23H23NO4.C20H17NO4/c1-5-12-25(24-27-26-15(2)32-24)20-10-8-18(22(28)30-3)13-16(20)6-7-17-14-19(23(29)31-4)9-11-21(17)25;1-14-26-27-23(32-14)24(10-11-25)19-8-6-17(21(28)30-2)12-15(19)4-5-16-13-18(22(29)31-3)7-9-20(16)24;1-4-11-23(22-24-26-27-25-22)18-9-7-16(20(28)30-2)12-14(18)5-6-15-13-17(21(29)31-3)8-10-19(15)23;1-4-11-23(14-24)19-9-7-17(21(25)27-2)12-15(19)5-6-16-13-18(22(26)28-3)8-10-20(16)23;1-24-19(22)14-5-7-16-12(9-14)3-4-13-10-15(20(23)25-2)6-8-17(13)18(16)11-21/h8-11,13-14H,5-7,12H2,1-4H3;6-9,12-13H,4-5,10-11,25H2,1-3H3;7-10,12-13H,4-6,11H2,1-3H3,(H,24,25,26,27);7-10,12-13H,4-6,11H2,1-3H3;5-10,18H,3-4H2,1-2H3. The number of aryl methyl sites for hydroxylation is 12. The molecule has 0 amide bonds. The normalized spacial score (nSPS) is 13.9. The zero-order chi connectivity index (χ0) is 106. The van der Waals surface area contributed by atoms with Crippen LogP contribution in [0.1, 0.15) is 316 Å². The Balaban J connectivity index is 0.000000146. The molecule has 0 bridgehead atoms. The summed E-state index contributed by atoms with van der Waals surface area (Å²) in [5.41, 5.74) is 27.5. The Hall–Kier alpha value is -16.8. The van der Waals surface area contributed by atoms with Gasteiger partial charge in [0.25, 0.3) is 0 Å². The average Bonchev–Trinajstić information content (AvgIpc) is 1.52. The fourth-order valence-corrected chi connectivity index (χ4v) is 21.5. The van der Waals surface area contributed by atoms with E-state index in [0.717, 1.165) is 143 Å². The molecule has 0 spiro atoms. The van der Waals surface area contributed by atoms with Crippen molar-refractivity contribution in [1.29, 1.82) is 10.5 Å². The molecular weight excluding hydrogens is 1890 g/mol. The number of aromatic amines is 1. The third-order valence-corrected chi connectivity index (χ3v) is 28.2. The minimum absolute atomic E-state index is 0.359. The Bertz CT molecular complexity index is 6820. The third-order valence-electron chi connectivity index (χ3n) is 28.2. The number of rotatable bonds is 21. The number of H-pyrrole nitrogens is 1. The molecular formula is C115H115N11O22. The Morgan fingerprint density at radius 3 is 0.770 bits per heavy atom. The molecule has 5 aliphatic rings. The molecule has 18 rings (SSSR count). The number of aromatic nitrogens is 8. The first-order valence-electron chi connectivity index (χ1n) is 48.5. The van der Waals surface area contributed by atoms with Gasteiger partial charge in [-0.05, 0) is 329 Å². The van der Waals surface area contributed by atoms with Crippen LogP contribution in [0.15, 0.2) is 191 Å². The van der Waals surface area contributed by atoms with E-state index in [1.165, 1.54) is 71.1 Å². The van der Waals surface area contributed by atoms with E-state index in [1.807, 2.05) is 109 Å².